The van der Waals surface area contributed by atoms with E-state index in [1.54, 1.807) is 30.7 Å². The third-order valence-corrected chi connectivity index (χ3v) is 4.10. The number of ether oxygens (including phenoxy) is 1. The molecule has 7 heteroatoms. The number of hydrogen-bond acceptors (Lipinski definition) is 4. The minimum atomic E-state index is -3.57. The van der Waals surface area contributed by atoms with Gasteiger partial charge in [0.2, 0.25) is 10.0 Å². The van der Waals surface area contributed by atoms with Crippen molar-refractivity contribution in [2.75, 3.05) is 13.7 Å². The lowest BCUT2D eigenvalue weighted by Crippen LogP contribution is -2.26. The lowest BCUT2D eigenvalue weighted by Gasteiger charge is -2.09. The van der Waals surface area contributed by atoms with E-state index in [2.05, 4.69) is 14.7 Å². The van der Waals surface area contributed by atoms with E-state index in [0.29, 0.717) is 18.7 Å². The fraction of sp³-hybridized carbons (Fsp3) is 0.250. The van der Waals surface area contributed by atoms with E-state index in [-0.39, 0.29) is 4.90 Å². The largest absolute Gasteiger partial charge is 0.495 e. The summed E-state index contributed by atoms with van der Waals surface area (Å²) in [6.07, 6.45) is 3.77. The summed E-state index contributed by atoms with van der Waals surface area (Å²) in [4.78, 5) is 6.93. The number of para-hydroxylation sites is 1. The van der Waals surface area contributed by atoms with E-state index in [4.69, 9.17) is 4.74 Å². The normalized spacial score (nSPS) is 11.4. The van der Waals surface area contributed by atoms with Gasteiger partial charge >= 0.3 is 0 Å². The molecule has 0 radical (unpaired) electrons. The summed E-state index contributed by atoms with van der Waals surface area (Å²) < 4.78 is 31.8. The van der Waals surface area contributed by atoms with Gasteiger partial charge in [-0.3, -0.25) is 0 Å². The van der Waals surface area contributed by atoms with Crippen LogP contribution in [0.1, 0.15) is 5.69 Å². The molecule has 2 N–H and O–H groups in total. The first kappa shape index (κ1) is 13.6. The SMILES string of the molecule is COc1ccccc1S(=O)(=O)NCCc1cnc[nH]1. The highest BCUT2D eigenvalue weighted by Crippen LogP contribution is 2.22. The third-order valence-electron chi connectivity index (χ3n) is 2.60. The summed E-state index contributed by atoms with van der Waals surface area (Å²) >= 11 is 0. The average Bonchev–Trinajstić information content (AvgIpc) is 2.91. The Bertz CT molecular complexity index is 623. The first-order valence-electron chi connectivity index (χ1n) is 5.73. The molecular weight excluding hydrogens is 266 g/mol. The second-order valence-electron chi connectivity index (χ2n) is 3.88. The highest BCUT2D eigenvalue weighted by Gasteiger charge is 2.18. The van der Waals surface area contributed by atoms with Crippen molar-refractivity contribution in [3.05, 3.63) is 42.5 Å². The quantitative estimate of drug-likeness (QED) is 0.825. The molecule has 0 unspecified atom stereocenters. The van der Waals surface area contributed by atoms with Crippen molar-refractivity contribution in [1.82, 2.24) is 14.7 Å². The molecule has 1 aromatic heterocycles. The van der Waals surface area contributed by atoms with Crippen molar-refractivity contribution in [3.63, 3.8) is 0 Å². The maximum absolute atomic E-state index is 12.1. The van der Waals surface area contributed by atoms with E-state index in [1.807, 2.05) is 0 Å². The Morgan fingerprint density at radius 3 is 2.84 bits per heavy atom. The Morgan fingerprint density at radius 1 is 1.37 bits per heavy atom. The third kappa shape index (κ3) is 3.33. The van der Waals surface area contributed by atoms with E-state index >= 15 is 0 Å². The molecule has 0 saturated carbocycles. The molecule has 0 aliphatic carbocycles. The van der Waals surface area contributed by atoms with Crippen LogP contribution in [0.4, 0.5) is 0 Å². The van der Waals surface area contributed by atoms with Gasteiger partial charge in [-0.2, -0.15) is 0 Å². The summed E-state index contributed by atoms with van der Waals surface area (Å²) in [6.45, 7) is 0.294. The molecule has 2 aromatic rings. The highest BCUT2D eigenvalue weighted by molar-refractivity contribution is 7.89. The van der Waals surface area contributed by atoms with Crippen LogP contribution in [0.3, 0.4) is 0 Å². The van der Waals surface area contributed by atoms with Crippen LogP contribution < -0.4 is 9.46 Å². The van der Waals surface area contributed by atoms with Crippen LogP contribution >= 0.6 is 0 Å². The van der Waals surface area contributed by atoms with E-state index < -0.39 is 10.0 Å². The van der Waals surface area contributed by atoms with Crippen LogP contribution in [0.25, 0.3) is 0 Å². The summed E-state index contributed by atoms with van der Waals surface area (Å²) in [5.74, 6) is 0.330. The first-order chi connectivity index (χ1) is 9.13. The molecule has 0 saturated heterocycles. The Kier molecular flexibility index (Phi) is 4.18. The summed E-state index contributed by atoms with van der Waals surface area (Å²) in [5, 5.41) is 0. The number of imidazole rings is 1. The molecule has 0 atom stereocenters. The Hall–Kier alpha value is -1.86. The van der Waals surface area contributed by atoms with Crippen LogP contribution in [-0.2, 0) is 16.4 Å². The summed E-state index contributed by atoms with van der Waals surface area (Å²) in [5.41, 5.74) is 0.878. The van der Waals surface area contributed by atoms with Crippen molar-refractivity contribution in [2.45, 2.75) is 11.3 Å². The molecule has 6 nitrogen and oxygen atoms in total. The van der Waals surface area contributed by atoms with Crippen molar-refractivity contribution >= 4 is 10.0 Å². The lowest BCUT2D eigenvalue weighted by atomic mass is 10.3. The standard InChI is InChI=1S/C12H15N3O3S/c1-18-11-4-2-3-5-12(11)19(16,17)15-7-6-10-8-13-9-14-10/h2-5,8-9,15H,6-7H2,1H3,(H,13,14). The van der Waals surface area contributed by atoms with Crippen LogP contribution in [0.15, 0.2) is 41.7 Å². The average molecular weight is 281 g/mol. The number of methoxy groups -OCH3 is 1. The zero-order valence-corrected chi connectivity index (χ0v) is 11.3. The van der Waals surface area contributed by atoms with Gasteiger partial charge in [-0.25, -0.2) is 18.1 Å². The van der Waals surface area contributed by atoms with Gasteiger partial charge in [-0.05, 0) is 12.1 Å². The molecule has 102 valence electrons. The monoisotopic (exact) mass is 281 g/mol. The molecule has 0 bridgehead atoms. The Balaban J connectivity index is 2.05. The molecule has 0 aliphatic rings. The number of rotatable bonds is 6. The Morgan fingerprint density at radius 2 is 2.16 bits per heavy atom. The number of benzene rings is 1. The Labute approximate surface area is 111 Å². The zero-order valence-electron chi connectivity index (χ0n) is 10.5. The predicted molar refractivity (Wildman–Crippen MR) is 70.5 cm³/mol. The van der Waals surface area contributed by atoms with Crippen LogP contribution in [0.2, 0.25) is 0 Å². The molecule has 0 aliphatic heterocycles. The van der Waals surface area contributed by atoms with Crippen molar-refractivity contribution < 1.29 is 13.2 Å². The first-order valence-corrected chi connectivity index (χ1v) is 7.22. The summed E-state index contributed by atoms with van der Waals surface area (Å²) in [7, 11) is -2.12. The topological polar surface area (TPSA) is 84.1 Å². The molecule has 1 heterocycles. The van der Waals surface area contributed by atoms with Crippen LogP contribution in [-0.4, -0.2) is 32.0 Å². The van der Waals surface area contributed by atoms with Crippen LogP contribution in [0.5, 0.6) is 5.75 Å². The number of hydrogen-bond donors (Lipinski definition) is 2. The maximum Gasteiger partial charge on any atom is 0.244 e. The molecule has 0 amide bonds. The van der Waals surface area contributed by atoms with E-state index in [1.165, 1.54) is 13.2 Å². The van der Waals surface area contributed by atoms with Gasteiger partial charge in [0.05, 0.1) is 13.4 Å². The number of sulfonamides is 1. The smallest absolute Gasteiger partial charge is 0.244 e. The predicted octanol–water partition coefficient (Wildman–Crippen LogP) is 0.939. The van der Waals surface area contributed by atoms with Gasteiger partial charge in [0.25, 0.3) is 0 Å². The second kappa shape index (κ2) is 5.85. The summed E-state index contributed by atoms with van der Waals surface area (Å²) in [6, 6.07) is 6.51. The van der Waals surface area contributed by atoms with Gasteiger partial charge in [0.15, 0.2) is 0 Å². The van der Waals surface area contributed by atoms with Gasteiger partial charge in [0, 0.05) is 24.9 Å². The van der Waals surface area contributed by atoms with E-state index in [0.717, 1.165) is 5.69 Å². The van der Waals surface area contributed by atoms with Gasteiger partial charge < -0.3 is 9.72 Å². The van der Waals surface area contributed by atoms with Gasteiger partial charge in [-0.1, -0.05) is 12.1 Å². The van der Waals surface area contributed by atoms with Gasteiger partial charge in [-0.15, -0.1) is 0 Å². The van der Waals surface area contributed by atoms with Crippen molar-refractivity contribution in [2.24, 2.45) is 0 Å². The number of nitrogens with zero attached hydrogens (tertiary/aromatic N) is 1. The van der Waals surface area contributed by atoms with Crippen LogP contribution in [0, 0.1) is 0 Å². The fourth-order valence-corrected chi connectivity index (χ4v) is 2.86. The number of nitrogens with one attached hydrogen (secondary N) is 2. The molecular formula is C12H15N3O3S. The minimum absolute atomic E-state index is 0.141. The molecule has 0 fully saturated rings. The zero-order chi connectivity index (χ0) is 13.7. The second-order valence-corrected chi connectivity index (χ2v) is 5.61. The lowest BCUT2D eigenvalue weighted by molar-refractivity contribution is 0.402. The molecule has 0 spiro atoms. The molecule has 19 heavy (non-hydrogen) atoms. The van der Waals surface area contributed by atoms with E-state index in [9.17, 15) is 8.42 Å². The number of H-pyrrole nitrogens is 1. The number of aromatic amines is 1. The fourth-order valence-electron chi connectivity index (χ4n) is 1.66. The number of aromatic nitrogens is 2. The maximum atomic E-state index is 12.1. The molecule has 1 aromatic carbocycles. The highest BCUT2D eigenvalue weighted by atomic mass is 32.2. The van der Waals surface area contributed by atoms with Crippen molar-refractivity contribution in [3.8, 4) is 5.75 Å². The van der Waals surface area contributed by atoms with Crippen molar-refractivity contribution in [1.29, 1.82) is 0 Å². The van der Waals surface area contributed by atoms with Gasteiger partial charge in [0.1, 0.15) is 10.6 Å². The molecule has 2 rings (SSSR count). The minimum Gasteiger partial charge on any atom is -0.495 e.